The number of sulfonamides is 1. The topological polar surface area (TPSA) is 84.5 Å². The van der Waals surface area contributed by atoms with Crippen molar-refractivity contribution in [3.05, 3.63) is 51.1 Å². The van der Waals surface area contributed by atoms with E-state index >= 15 is 0 Å². The number of amides is 1. The molecular formula is C17H18ClIN2O4S. The van der Waals surface area contributed by atoms with Gasteiger partial charge in [0, 0.05) is 9.26 Å². The summed E-state index contributed by atoms with van der Waals surface area (Å²) in [5, 5.41) is 2.85. The van der Waals surface area contributed by atoms with Crippen molar-refractivity contribution in [2.45, 2.75) is 24.8 Å². The van der Waals surface area contributed by atoms with Gasteiger partial charge in [-0.1, -0.05) is 11.6 Å². The van der Waals surface area contributed by atoms with Crippen molar-refractivity contribution in [1.82, 2.24) is 4.72 Å². The van der Waals surface area contributed by atoms with E-state index in [0.717, 1.165) is 3.57 Å². The normalized spacial score (nSPS) is 12.5. The van der Waals surface area contributed by atoms with Gasteiger partial charge in [0.25, 0.3) is 0 Å². The summed E-state index contributed by atoms with van der Waals surface area (Å²) < 4.78 is 33.6. The van der Waals surface area contributed by atoms with Crippen LogP contribution in [0.4, 0.5) is 5.69 Å². The Morgan fingerprint density at radius 1 is 1.23 bits per heavy atom. The smallest absolute Gasteiger partial charge is 0.242 e. The Morgan fingerprint density at radius 2 is 1.88 bits per heavy atom. The maximum atomic E-state index is 12.5. The van der Waals surface area contributed by atoms with Crippen LogP contribution in [-0.4, -0.2) is 27.0 Å². The maximum Gasteiger partial charge on any atom is 0.242 e. The second-order valence-electron chi connectivity index (χ2n) is 5.36. The summed E-state index contributed by atoms with van der Waals surface area (Å²) in [5.74, 6) is -0.0653. The molecule has 0 aromatic heterocycles. The van der Waals surface area contributed by atoms with Crippen LogP contribution in [-0.2, 0) is 14.8 Å². The number of benzene rings is 2. The van der Waals surface area contributed by atoms with Gasteiger partial charge in [0.1, 0.15) is 5.75 Å². The van der Waals surface area contributed by atoms with E-state index in [2.05, 4.69) is 32.6 Å². The summed E-state index contributed by atoms with van der Waals surface area (Å²) in [4.78, 5) is 12.2. The molecule has 0 heterocycles. The summed E-state index contributed by atoms with van der Waals surface area (Å²) >= 11 is 8.19. The molecule has 2 rings (SSSR count). The fourth-order valence-electron chi connectivity index (χ4n) is 2.06. The third kappa shape index (κ3) is 5.57. The highest BCUT2D eigenvalue weighted by molar-refractivity contribution is 14.1. The summed E-state index contributed by atoms with van der Waals surface area (Å²) in [7, 11) is -3.91. The second kappa shape index (κ2) is 9.03. The number of hydrogen-bond donors (Lipinski definition) is 2. The minimum Gasteiger partial charge on any atom is -0.492 e. The van der Waals surface area contributed by atoms with E-state index in [1.165, 1.54) is 25.1 Å². The van der Waals surface area contributed by atoms with Gasteiger partial charge in [-0.25, -0.2) is 8.42 Å². The Balaban J connectivity index is 2.08. The molecular weight excluding hydrogens is 491 g/mol. The molecule has 1 atom stereocenters. The molecule has 1 amide bonds. The number of hydrogen-bond acceptors (Lipinski definition) is 4. The zero-order chi connectivity index (χ0) is 19.3. The van der Waals surface area contributed by atoms with Gasteiger partial charge >= 0.3 is 0 Å². The molecule has 0 aliphatic carbocycles. The van der Waals surface area contributed by atoms with Crippen molar-refractivity contribution >= 4 is 55.8 Å². The van der Waals surface area contributed by atoms with Crippen LogP contribution >= 0.6 is 34.2 Å². The zero-order valence-corrected chi connectivity index (χ0v) is 17.9. The molecule has 0 aliphatic rings. The lowest BCUT2D eigenvalue weighted by Crippen LogP contribution is -2.41. The minimum atomic E-state index is -3.91. The number of ether oxygens (including phenoxy) is 1. The van der Waals surface area contributed by atoms with E-state index in [1.54, 1.807) is 19.1 Å². The summed E-state index contributed by atoms with van der Waals surface area (Å²) in [6.07, 6.45) is 0. The molecule has 26 heavy (non-hydrogen) atoms. The number of nitrogens with one attached hydrogen (secondary N) is 2. The highest BCUT2D eigenvalue weighted by atomic mass is 127. The van der Waals surface area contributed by atoms with Gasteiger partial charge in [0.05, 0.1) is 22.6 Å². The van der Waals surface area contributed by atoms with E-state index in [1.807, 2.05) is 12.1 Å². The van der Waals surface area contributed by atoms with Crippen molar-refractivity contribution in [2.75, 3.05) is 11.9 Å². The van der Waals surface area contributed by atoms with Crippen molar-refractivity contribution < 1.29 is 17.9 Å². The van der Waals surface area contributed by atoms with Gasteiger partial charge in [-0.15, -0.1) is 0 Å². The molecule has 2 N–H and O–H groups in total. The molecule has 2 aromatic carbocycles. The molecule has 0 unspecified atom stereocenters. The summed E-state index contributed by atoms with van der Waals surface area (Å²) in [6, 6.07) is 10.3. The van der Waals surface area contributed by atoms with Crippen LogP contribution in [0.25, 0.3) is 0 Å². The standard InChI is InChI=1S/C17H18ClIN2O4S/c1-3-25-16-9-8-14(10-15(16)18)26(23,24)21-11(2)17(22)20-13-6-4-12(19)5-7-13/h4-11,21H,3H2,1-2H3,(H,20,22)/t11-/m0/s1. The van der Waals surface area contributed by atoms with E-state index in [0.29, 0.717) is 18.0 Å². The van der Waals surface area contributed by atoms with Crippen LogP contribution in [0.2, 0.25) is 5.02 Å². The third-order valence-electron chi connectivity index (χ3n) is 3.35. The lowest BCUT2D eigenvalue weighted by atomic mass is 10.3. The highest BCUT2D eigenvalue weighted by Crippen LogP contribution is 2.27. The first-order chi connectivity index (χ1) is 12.2. The molecule has 0 bridgehead atoms. The molecule has 0 radical (unpaired) electrons. The van der Waals surface area contributed by atoms with E-state index in [-0.39, 0.29) is 9.92 Å². The van der Waals surface area contributed by atoms with Crippen LogP contribution in [0, 0.1) is 3.57 Å². The Labute approximate surface area is 171 Å². The van der Waals surface area contributed by atoms with Crippen LogP contribution in [0.15, 0.2) is 47.4 Å². The van der Waals surface area contributed by atoms with E-state index in [9.17, 15) is 13.2 Å². The number of carbonyl (C=O) groups is 1. The average molecular weight is 509 g/mol. The van der Waals surface area contributed by atoms with Crippen LogP contribution in [0.1, 0.15) is 13.8 Å². The van der Waals surface area contributed by atoms with Gasteiger partial charge in [0.2, 0.25) is 15.9 Å². The number of halogens is 2. The van der Waals surface area contributed by atoms with Gasteiger partial charge in [-0.2, -0.15) is 4.72 Å². The molecule has 9 heteroatoms. The molecule has 0 spiro atoms. The first-order valence-electron chi connectivity index (χ1n) is 7.74. The van der Waals surface area contributed by atoms with Crippen LogP contribution < -0.4 is 14.8 Å². The molecule has 2 aromatic rings. The molecule has 0 aliphatic heterocycles. The minimum absolute atomic E-state index is 0.0418. The highest BCUT2D eigenvalue weighted by Gasteiger charge is 2.23. The Morgan fingerprint density at radius 3 is 2.46 bits per heavy atom. The van der Waals surface area contributed by atoms with Gasteiger partial charge < -0.3 is 10.1 Å². The van der Waals surface area contributed by atoms with Crippen molar-refractivity contribution in [2.24, 2.45) is 0 Å². The molecule has 6 nitrogen and oxygen atoms in total. The van der Waals surface area contributed by atoms with Crippen molar-refractivity contribution in [1.29, 1.82) is 0 Å². The number of carbonyl (C=O) groups excluding carboxylic acids is 1. The predicted molar refractivity (Wildman–Crippen MR) is 110 cm³/mol. The Kier molecular flexibility index (Phi) is 7.27. The predicted octanol–water partition coefficient (Wildman–Crippen LogP) is 3.65. The van der Waals surface area contributed by atoms with Crippen molar-refractivity contribution in [3.8, 4) is 5.75 Å². The molecule has 0 saturated heterocycles. The third-order valence-corrected chi connectivity index (χ3v) is 5.90. The molecule has 0 fully saturated rings. The molecule has 140 valence electrons. The maximum absolute atomic E-state index is 12.5. The van der Waals surface area contributed by atoms with Gasteiger partial charge in [-0.05, 0) is 78.9 Å². The lowest BCUT2D eigenvalue weighted by Gasteiger charge is -2.15. The van der Waals surface area contributed by atoms with Crippen LogP contribution in [0.5, 0.6) is 5.75 Å². The van der Waals surface area contributed by atoms with E-state index in [4.69, 9.17) is 16.3 Å². The fourth-order valence-corrected chi connectivity index (χ4v) is 3.95. The van der Waals surface area contributed by atoms with E-state index < -0.39 is 22.0 Å². The van der Waals surface area contributed by atoms with Crippen molar-refractivity contribution in [3.63, 3.8) is 0 Å². The summed E-state index contributed by atoms with van der Waals surface area (Å²) in [6.45, 7) is 3.69. The fraction of sp³-hybridized carbons (Fsp3) is 0.235. The monoisotopic (exact) mass is 508 g/mol. The first kappa shape index (κ1) is 20.9. The summed E-state index contributed by atoms with van der Waals surface area (Å²) in [5.41, 5.74) is 0.588. The Hall–Kier alpha value is -1.36. The van der Waals surface area contributed by atoms with Gasteiger partial charge in [0.15, 0.2) is 0 Å². The van der Waals surface area contributed by atoms with Gasteiger partial charge in [-0.3, -0.25) is 4.79 Å². The second-order valence-corrected chi connectivity index (χ2v) is 8.73. The number of rotatable bonds is 7. The largest absolute Gasteiger partial charge is 0.492 e. The first-order valence-corrected chi connectivity index (χ1v) is 10.7. The number of anilines is 1. The SMILES string of the molecule is CCOc1ccc(S(=O)(=O)N[C@@H](C)C(=O)Nc2ccc(I)cc2)cc1Cl. The molecule has 0 saturated carbocycles. The lowest BCUT2D eigenvalue weighted by molar-refractivity contribution is -0.117. The quantitative estimate of drug-likeness (QED) is 0.559. The van der Waals surface area contributed by atoms with Crippen LogP contribution in [0.3, 0.4) is 0 Å². The zero-order valence-electron chi connectivity index (χ0n) is 14.1. The Bertz CT molecular complexity index is 888. The average Bonchev–Trinajstić information content (AvgIpc) is 2.58.